The maximum atomic E-state index is 10.6. The first-order chi connectivity index (χ1) is 6.35. The summed E-state index contributed by atoms with van der Waals surface area (Å²) in [7, 11) is -4.24. The zero-order chi connectivity index (χ0) is 11.2. The minimum atomic E-state index is -4.24. The first-order valence-electron chi connectivity index (χ1n) is 3.94. The van der Waals surface area contributed by atoms with E-state index in [-0.39, 0.29) is 19.6 Å². The summed E-state index contributed by atoms with van der Waals surface area (Å²) in [5.74, 6) is -1.16. The number of carboxylic acids is 1. The zero-order valence-electron chi connectivity index (χ0n) is 7.54. The van der Waals surface area contributed by atoms with Gasteiger partial charge in [0, 0.05) is 13.2 Å². The highest BCUT2D eigenvalue weighted by Crippen LogP contribution is 2.34. The molecule has 0 aliphatic rings. The average Bonchev–Trinajstić information content (AvgIpc) is 1.96. The molecule has 4 N–H and O–H groups in total. The first kappa shape index (κ1) is 13.5. The summed E-state index contributed by atoms with van der Waals surface area (Å²) in [6.07, 6.45) is -0.313. The second kappa shape index (κ2) is 6.10. The molecule has 0 saturated carbocycles. The number of carboxylic acid groups (broad SMARTS) is 1. The molecule has 0 fully saturated rings. The Labute approximate surface area is 81.1 Å². The monoisotopic (exact) mass is 227 g/mol. The summed E-state index contributed by atoms with van der Waals surface area (Å²) in [6.45, 7) is -0.434. The predicted molar refractivity (Wildman–Crippen MR) is 47.8 cm³/mol. The van der Waals surface area contributed by atoms with Crippen molar-refractivity contribution in [3.05, 3.63) is 0 Å². The van der Waals surface area contributed by atoms with Gasteiger partial charge in [0.1, 0.15) is 6.29 Å². The fourth-order valence-electron chi connectivity index (χ4n) is 0.946. The highest BCUT2D eigenvalue weighted by molar-refractivity contribution is 7.51. The van der Waals surface area contributed by atoms with E-state index >= 15 is 0 Å². The average molecular weight is 227 g/mol. The Morgan fingerprint density at radius 1 is 1.36 bits per heavy atom. The number of hydrogen-bond donors (Lipinski definition) is 4. The van der Waals surface area contributed by atoms with Crippen molar-refractivity contribution < 1.29 is 29.4 Å². The van der Waals surface area contributed by atoms with Gasteiger partial charge in [-0.15, -0.1) is 0 Å². The van der Waals surface area contributed by atoms with Gasteiger partial charge in [0.2, 0.25) is 0 Å². The van der Waals surface area contributed by atoms with Crippen molar-refractivity contribution in [3.63, 3.8) is 0 Å². The molecule has 0 saturated heterocycles. The Morgan fingerprint density at radius 2 is 1.93 bits per heavy atom. The molecule has 0 aromatic rings. The molecule has 0 heterocycles. The number of carbonyl (C=O) groups is 1. The Morgan fingerprint density at radius 3 is 2.29 bits per heavy atom. The largest absolute Gasteiger partial charge is 0.480 e. The normalized spacial score (nSPS) is 12.0. The summed E-state index contributed by atoms with van der Waals surface area (Å²) >= 11 is 0. The quantitative estimate of drug-likeness (QED) is 0.407. The number of rotatable bonds is 7. The van der Waals surface area contributed by atoms with Crippen molar-refractivity contribution in [3.8, 4) is 0 Å². The molecule has 0 rings (SSSR count). The molecule has 8 heteroatoms. The molecule has 0 aliphatic carbocycles. The van der Waals surface area contributed by atoms with Crippen LogP contribution in [0.3, 0.4) is 0 Å². The maximum Gasteiger partial charge on any atom is 0.339 e. The molecule has 0 radical (unpaired) electrons. The van der Waals surface area contributed by atoms with Gasteiger partial charge in [0.05, 0.1) is 6.54 Å². The van der Waals surface area contributed by atoms with E-state index in [2.05, 4.69) is 0 Å². The van der Waals surface area contributed by atoms with Crippen molar-refractivity contribution in [2.45, 2.75) is 6.42 Å². The van der Waals surface area contributed by atoms with Crippen LogP contribution in [0.1, 0.15) is 6.42 Å². The molecule has 0 unspecified atom stereocenters. The van der Waals surface area contributed by atoms with E-state index in [1.807, 2.05) is 0 Å². The number of nitrogens with zero attached hydrogens (tertiary/aromatic N) is 1. The second-order valence-corrected chi connectivity index (χ2v) is 4.44. The predicted octanol–water partition coefficient (Wildman–Crippen LogP) is -1.11. The summed E-state index contributed by atoms with van der Waals surface area (Å²) in [6, 6.07) is 0. The molecule has 0 atom stereocenters. The molecule has 0 spiro atoms. The number of aliphatic hydroxyl groups excluding tert-OH is 1. The molecule has 0 aromatic heterocycles. The lowest BCUT2D eigenvalue weighted by atomic mass is 10.4. The van der Waals surface area contributed by atoms with Gasteiger partial charge in [0.15, 0.2) is 0 Å². The summed E-state index contributed by atoms with van der Waals surface area (Å²) < 4.78 is 10.6. The van der Waals surface area contributed by atoms with E-state index < -0.39 is 26.4 Å². The van der Waals surface area contributed by atoms with E-state index in [0.717, 1.165) is 4.90 Å². The minimum Gasteiger partial charge on any atom is -0.480 e. The van der Waals surface area contributed by atoms with Gasteiger partial charge in [-0.2, -0.15) is 0 Å². The lowest BCUT2D eigenvalue weighted by Gasteiger charge is -2.19. The Balaban J connectivity index is 4.10. The zero-order valence-corrected chi connectivity index (χ0v) is 8.43. The number of aliphatic carboxylic acids is 1. The van der Waals surface area contributed by atoms with Crippen molar-refractivity contribution in [2.75, 3.05) is 26.0 Å². The van der Waals surface area contributed by atoms with Crippen LogP contribution in [0.2, 0.25) is 0 Å². The number of hydrogen-bond acceptors (Lipinski definition) is 4. The molecule has 0 bridgehead atoms. The summed E-state index contributed by atoms with van der Waals surface area (Å²) in [4.78, 5) is 28.6. The van der Waals surface area contributed by atoms with Gasteiger partial charge in [-0.1, -0.05) is 0 Å². The van der Waals surface area contributed by atoms with Gasteiger partial charge >= 0.3 is 13.6 Å². The van der Waals surface area contributed by atoms with Crippen LogP contribution in [-0.2, 0) is 9.36 Å². The molecular formula is C6H14NO6P. The van der Waals surface area contributed by atoms with E-state index in [9.17, 15) is 9.36 Å². The topological polar surface area (TPSA) is 118 Å². The molecular weight excluding hydrogens is 213 g/mol. The molecule has 7 nitrogen and oxygen atoms in total. The van der Waals surface area contributed by atoms with E-state index in [0.29, 0.717) is 0 Å². The third-order valence-electron chi connectivity index (χ3n) is 1.38. The molecule has 0 aromatic carbocycles. The Hall–Kier alpha value is -0.460. The fourth-order valence-corrected chi connectivity index (χ4v) is 1.71. The lowest BCUT2D eigenvalue weighted by molar-refractivity contribution is -0.138. The highest BCUT2D eigenvalue weighted by atomic mass is 31.2. The van der Waals surface area contributed by atoms with Crippen molar-refractivity contribution in [1.29, 1.82) is 0 Å². The van der Waals surface area contributed by atoms with Gasteiger partial charge < -0.3 is 20.0 Å². The van der Waals surface area contributed by atoms with Crippen molar-refractivity contribution in [1.82, 2.24) is 4.90 Å². The SMILES string of the molecule is O=C(O)CN(CCCO)CP(=O)(O)O. The van der Waals surface area contributed by atoms with Crippen LogP contribution < -0.4 is 0 Å². The summed E-state index contributed by atoms with van der Waals surface area (Å²) in [5, 5.41) is 16.9. The second-order valence-electron chi connectivity index (χ2n) is 2.83. The third-order valence-corrected chi connectivity index (χ3v) is 2.14. The third kappa shape index (κ3) is 8.15. The van der Waals surface area contributed by atoms with Crippen LogP contribution in [-0.4, -0.2) is 56.9 Å². The van der Waals surface area contributed by atoms with Gasteiger partial charge in [-0.25, -0.2) is 0 Å². The van der Waals surface area contributed by atoms with Gasteiger partial charge in [-0.3, -0.25) is 14.3 Å². The molecule has 0 amide bonds. The van der Waals surface area contributed by atoms with Crippen LogP contribution in [0.25, 0.3) is 0 Å². The van der Waals surface area contributed by atoms with Crippen molar-refractivity contribution in [2.24, 2.45) is 0 Å². The Bertz CT molecular complexity index is 226. The molecule has 0 aliphatic heterocycles. The van der Waals surface area contributed by atoms with Crippen LogP contribution in [0, 0.1) is 0 Å². The Kier molecular flexibility index (Phi) is 5.90. The van der Waals surface area contributed by atoms with Gasteiger partial charge in [0.25, 0.3) is 0 Å². The van der Waals surface area contributed by atoms with Crippen LogP contribution in [0.15, 0.2) is 0 Å². The summed E-state index contributed by atoms with van der Waals surface area (Å²) in [5.41, 5.74) is 0. The van der Waals surface area contributed by atoms with E-state index in [1.54, 1.807) is 0 Å². The molecule has 14 heavy (non-hydrogen) atoms. The molecule has 84 valence electrons. The highest BCUT2D eigenvalue weighted by Gasteiger charge is 2.20. The smallest absolute Gasteiger partial charge is 0.339 e. The lowest BCUT2D eigenvalue weighted by Crippen LogP contribution is -2.32. The van der Waals surface area contributed by atoms with Crippen molar-refractivity contribution >= 4 is 13.6 Å². The maximum absolute atomic E-state index is 10.6. The number of aliphatic hydroxyl groups is 1. The van der Waals surface area contributed by atoms with E-state index in [4.69, 9.17) is 20.0 Å². The van der Waals surface area contributed by atoms with Crippen LogP contribution >= 0.6 is 7.60 Å². The van der Waals surface area contributed by atoms with Gasteiger partial charge in [-0.05, 0) is 6.42 Å². The van der Waals surface area contributed by atoms with E-state index in [1.165, 1.54) is 0 Å². The fraction of sp³-hybridized carbons (Fsp3) is 0.833. The van der Waals surface area contributed by atoms with Crippen LogP contribution in [0.4, 0.5) is 0 Å². The first-order valence-corrected chi connectivity index (χ1v) is 5.74. The standard InChI is InChI=1S/C6H14NO6P/c8-3-1-2-7(4-6(9)10)5-14(11,12)13/h8H,1-5H2,(H,9,10)(H2,11,12,13). The minimum absolute atomic E-state index is 0.142. The van der Waals surface area contributed by atoms with Crippen LogP contribution in [0.5, 0.6) is 0 Å².